The lowest BCUT2D eigenvalue weighted by atomic mass is 10.1. The number of para-hydroxylation sites is 1. The number of nitrogens with two attached hydrogens (primary N) is 1. The molecule has 0 atom stereocenters. The van der Waals surface area contributed by atoms with Crippen LogP contribution in [0.2, 0.25) is 0 Å². The number of fused-ring (bicyclic) bond motifs is 1. The van der Waals surface area contributed by atoms with Crippen molar-refractivity contribution in [2.75, 3.05) is 11.4 Å². The maximum Gasteiger partial charge on any atom is 0.134 e. The van der Waals surface area contributed by atoms with Crippen LogP contribution in [0.4, 0.5) is 5.82 Å². The summed E-state index contributed by atoms with van der Waals surface area (Å²) in [6, 6.07) is 14.1. The summed E-state index contributed by atoms with van der Waals surface area (Å²) in [5.41, 5.74) is 7.96. The molecule has 21 heavy (non-hydrogen) atoms. The van der Waals surface area contributed by atoms with Crippen molar-refractivity contribution >= 4 is 16.7 Å². The summed E-state index contributed by atoms with van der Waals surface area (Å²) in [6.07, 6.45) is 1.70. The maximum absolute atomic E-state index is 5.92. The lowest BCUT2D eigenvalue weighted by molar-refractivity contribution is 0.502. The summed E-state index contributed by atoms with van der Waals surface area (Å²) in [4.78, 5) is 6.99. The minimum Gasteiger partial charge on any atom is -0.467 e. The van der Waals surface area contributed by atoms with Crippen LogP contribution in [-0.2, 0) is 13.1 Å². The number of rotatable bonds is 5. The Hall–Kier alpha value is -2.33. The highest BCUT2D eigenvalue weighted by Crippen LogP contribution is 2.24. The third-order valence-corrected chi connectivity index (χ3v) is 3.61. The predicted octanol–water partition coefficient (Wildman–Crippen LogP) is 3.31. The standard InChI is InChI=1S/C17H19N3O/c1-2-20(12-15-7-5-9-21-15)17-14(11-18)10-13-6-3-4-8-16(13)19-17/h3-10H,2,11-12,18H2,1H3. The van der Waals surface area contributed by atoms with Crippen LogP contribution in [0.25, 0.3) is 10.9 Å². The average molecular weight is 281 g/mol. The largest absolute Gasteiger partial charge is 0.467 e. The molecule has 2 aromatic heterocycles. The van der Waals surface area contributed by atoms with Gasteiger partial charge in [-0.2, -0.15) is 0 Å². The molecule has 0 unspecified atom stereocenters. The minimum atomic E-state index is 0.474. The number of hydrogen-bond acceptors (Lipinski definition) is 4. The molecule has 1 aromatic carbocycles. The maximum atomic E-state index is 5.92. The molecule has 0 saturated heterocycles. The lowest BCUT2D eigenvalue weighted by Crippen LogP contribution is -2.25. The fourth-order valence-corrected chi connectivity index (χ4v) is 2.50. The zero-order chi connectivity index (χ0) is 14.7. The Kier molecular flexibility index (Phi) is 3.88. The van der Waals surface area contributed by atoms with Crippen LogP contribution in [0, 0.1) is 0 Å². The van der Waals surface area contributed by atoms with Crippen molar-refractivity contribution in [2.24, 2.45) is 5.73 Å². The molecular formula is C17H19N3O. The molecule has 0 saturated carbocycles. The van der Waals surface area contributed by atoms with E-state index in [1.165, 1.54) is 0 Å². The first-order valence-electron chi connectivity index (χ1n) is 7.18. The third kappa shape index (κ3) is 2.76. The van der Waals surface area contributed by atoms with Crippen LogP contribution in [0.3, 0.4) is 0 Å². The topological polar surface area (TPSA) is 55.3 Å². The second-order valence-electron chi connectivity index (χ2n) is 4.96. The highest BCUT2D eigenvalue weighted by molar-refractivity contribution is 5.81. The van der Waals surface area contributed by atoms with E-state index in [-0.39, 0.29) is 0 Å². The molecule has 0 aliphatic rings. The number of anilines is 1. The first-order valence-corrected chi connectivity index (χ1v) is 7.18. The van der Waals surface area contributed by atoms with Gasteiger partial charge in [0.25, 0.3) is 0 Å². The fraction of sp³-hybridized carbons (Fsp3) is 0.235. The van der Waals surface area contributed by atoms with Gasteiger partial charge in [0, 0.05) is 24.0 Å². The summed E-state index contributed by atoms with van der Waals surface area (Å²) in [6.45, 7) is 4.13. The van der Waals surface area contributed by atoms with E-state index >= 15 is 0 Å². The number of benzene rings is 1. The van der Waals surface area contributed by atoms with E-state index in [1.54, 1.807) is 6.26 Å². The van der Waals surface area contributed by atoms with Gasteiger partial charge in [0.2, 0.25) is 0 Å². The first kappa shape index (κ1) is 13.6. The van der Waals surface area contributed by atoms with E-state index in [0.717, 1.165) is 34.6 Å². The van der Waals surface area contributed by atoms with Crippen molar-refractivity contribution in [1.82, 2.24) is 4.98 Å². The molecule has 0 aliphatic heterocycles. The van der Waals surface area contributed by atoms with Crippen LogP contribution >= 0.6 is 0 Å². The smallest absolute Gasteiger partial charge is 0.134 e. The molecule has 4 heteroatoms. The van der Waals surface area contributed by atoms with E-state index in [1.807, 2.05) is 30.3 Å². The Balaban J connectivity index is 2.03. The van der Waals surface area contributed by atoms with E-state index in [9.17, 15) is 0 Å². The molecule has 0 spiro atoms. The monoisotopic (exact) mass is 281 g/mol. The first-order chi connectivity index (χ1) is 10.3. The molecule has 4 nitrogen and oxygen atoms in total. The molecule has 2 N–H and O–H groups in total. The van der Waals surface area contributed by atoms with Crippen LogP contribution < -0.4 is 10.6 Å². The Morgan fingerprint density at radius 2 is 2.05 bits per heavy atom. The van der Waals surface area contributed by atoms with Crippen LogP contribution in [-0.4, -0.2) is 11.5 Å². The van der Waals surface area contributed by atoms with E-state index < -0.39 is 0 Å². The summed E-state index contributed by atoms with van der Waals surface area (Å²) in [5, 5.41) is 1.12. The number of hydrogen-bond donors (Lipinski definition) is 1. The van der Waals surface area contributed by atoms with Gasteiger partial charge in [0.15, 0.2) is 0 Å². The molecule has 0 aliphatic carbocycles. The van der Waals surface area contributed by atoms with Crippen LogP contribution in [0.5, 0.6) is 0 Å². The van der Waals surface area contributed by atoms with Crippen molar-refractivity contribution < 1.29 is 4.42 Å². The van der Waals surface area contributed by atoms with Crippen LogP contribution in [0.1, 0.15) is 18.2 Å². The molecule has 0 amide bonds. The summed E-state index contributed by atoms with van der Waals surface area (Å²) >= 11 is 0. The highest BCUT2D eigenvalue weighted by Gasteiger charge is 2.14. The average Bonchev–Trinajstić information content (AvgIpc) is 3.04. The number of pyridine rings is 1. The van der Waals surface area contributed by atoms with Gasteiger partial charge in [-0.1, -0.05) is 18.2 Å². The number of aromatic nitrogens is 1. The molecule has 108 valence electrons. The van der Waals surface area contributed by atoms with Gasteiger partial charge < -0.3 is 15.1 Å². The molecule has 2 heterocycles. The summed E-state index contributed by atoms with van der Waals surface area (Å²) in [7, 11) is 0. The zero-order valence-corrected chi connectivity index (χ0v) is 12.1. The second kappa shape index (κ2) is 5.97. The molecular weight excluding hydrogens is 262 g/mol. The molecule has 0 fully saturated rings. The van der Waals surface area contributed by atoms with Crippen LogP contribution in [0.15, 0.2) is 53.1 Å². The Morgan fingerprint density at radius 1 is 1.19 bits per heavy atom. The van der Waals surface area contributed by atoms with Gasteiger partial charge in [-0.3, -0.25) is 0 Å². The minimum absolute atomic E-state index is 0.474. The molecule has 0 bridgehead atoms. The van der Waals surface area contributed by atoms with Gasteiger partial charge in [-0.05, 0) is 31.2 Å². The summed E-state index contributed by atoms with van der Waals surface area (Å²) < 4.78 is 5.45. The van der Waals surface area contributed by atoms with Gasteiger partial charge in [0.1, 0.15) is 11.6 Å². The van der Waals surface area contributed by atoms with Crippen molar-refractivity contribution in [2.45, 2.75) is 20.0 Å². The number of furan rings is 1. The predicted molar refractivity (Wildman–Crippen MR) is 85.1 cm³/mol. The SMILES string of the molecule is CCN(Cc1ccco1)c1nc2ccccc2cc1CN. The molecule has 0 radical (unpaired) electrons. The summed E-state index contributed by atoms with van der Waals surface area (Å²) in [5.74, 6) is 1.87. The van der Waals surface area contributed by atoms with Gasteiger partial charge >= 0.3 is 0 Å². The van der Waals surface area contributed by atoms with E-state index in [0.29, 0.717) is 13.1 Å². The number of nitrogens with zero attached hydrogens (tertiary/aromatic N) is 2. The van der Waals surface area contributed by atoms with E-state index in [4.69, 9.17) is 15.1 Å². The third-order valence-electron chi connectivity index (χ3n) is 3.61. The quantitative estimate of drug-likeness (QED) is 0.779. The Morgan fingerprint density at radius 3 is 2.76 bits per heavy atom. The zero-order valence-electron chi connectivity index (χ0n) is 12.1. The Bertz CT molecular complexity index is 722. The Labute approximate surface area is 124 Å². The molecule has 3 aromatic rings. The van der Waals surface area contributed by atoms with E-state index in [2.05, 4.69) is 24.0 Å². The van der Waals surface area contributed by atoms with Gasteiger partial charge in [0.05, 0.1) is 18.3 Å². The van der Waals surface area contributed by atoms with Crippen molar-refractivity contribution in [3.63, 3.8) is 0 Å². The highest BCUT2D eigenvalue weighted by atomic mass is 16.3. The second-order valence-corrected chi connectivity index (χ2v) is 4.96. The van der Waals surface area contributed by atoms with Gasteiger partial charge in [-0.15, -0.1) is 0 Å². The molecule has 3 rings (SSSR count). The fourth-order valence-electron chi connectivity index (χ4n) is 2.50. The normalized spacial score (nSPS) is 11.0. The van der Waals surface area contributed by atoms with Gasteiger partial charge in [-0.25, -0.2) is 4.98 Å². The van der Waals surface area contributed by atoms with Crippen molar-refractivity contribution in [1.29, 1.82) is 0 Å². The van der Waals surface area contributed by atoms with Crippen molar-refractivity contribution in [3.05, 3.63) is 60.1 Å². The lowest BCUT2D eigenvalue weighted by Gasteiger charge is -2.23. The van der Waals surface area contributed by atoms with Crippen molar-refractivity contribution in [3.8, 4) is 0 Å².